The van der Waals surface area contributed by atoms with Gasteiger partial charge in [0.05, 0.1) is 22.6 Å². The summed E-state index contributed by atoms with van der Waals surface area (Å²) in [6.07, 6.45) is 4.12. The van der Waals surface area contributed by atoms with Crippen molar-refractivity contribution in [2.75, 3.05) is 6.54 Å². The van der Waals surface area contributed by atoms with E-state index in [2.05, 4.69) is 17.2 Å². The number of likely N-dealkylation sites (tertiary alicyclic amines) is 1. The molecule has 1 aromatic carbocycles. The van der Waals surface area contributed by atoms with Crippen LogP contribution in [0.1, 0.15) is 44.9 Å². The molecule has 2 atom stereocenters. The number of benzene rings is 1. The largest absolute Gasteiger partial charge is 0.349 e. The van der Waals surface area contributed by atoms with Crippen molar-refractivity contribution in [3.63, 3.8) is 0 Å². The average molecular weight is 354 g/mol. The van der Waals surface area contributed by atoms with Crippen molar-refractivity contribution in [2.24, 2.45) is 0 Å². The number of hydrogen-bond donors (Lipinski definition) is 1. The van der Waals surface area contributed by atoms with E-state index in [-0.39, 0.29) is 23.4 Å². The summed E-state index contributed by atoms with van der Waals surface area (Å²) in [6.45, 7) is 5.10. The monoisotopic (exact) mass is 354 g/mol. The first-order valence-electron chi connectivity index (χ1n) is 9.50. The molecule has 1 N–H and O–H groups in total. The first-order valence-corrected chi connectivity index (χ1v) is 9.50. The molecule has 0 unspecified atom stereocenters. The van der Waals surface area contributed by atoms with E-state index in [1.165, 1.54) is 0 Å². The molecule has 0 radical (unpaired) electrons. The number of carbonyl (C=O) groups excluding carboxylic acids is 2. The van der Waals surface area contributed by atoms with E-state index in [4.69, 9.17) is 0 Å². The lowest BCUT2D eigenvalue weighted by molar-refractivity contribution is -0.139. The van der Waals surface area contributed by atoms with Crippen molar-refractivity contribution < 1.29 is 9.59 Å². The predicted molar refractivity (Wildman–Crippen MR) is 99.6 cm³/mol. The van der Waals surface area contributed by atoms with Crippen molar-refractivity contribution in [3.8, 4) is 0 Å². The number of amides is 2. The summed E-state index contributed by atoms with van der Waals surface area (Å²) in [5.74, 6) is 1.08. The highest BCUT2D eigenvalue weighted by molar-refractivity contribution is 5.82. The van der Waals surface area contributed by atoms with E-state index in [0.29, 0.717) is 13.0 Å². The Morgan fingerprint density at radius 3 is 3.00 bits per heavy atom. The number of hydrogen-bond acceptors (Lipinski definition) is 3. The molecule has 3 heterocycles. The van der Waals surface area contributed by atoms with Gasteiger partial charge in [0.15, 0.2) is 0 Å². The predicted octanol–water partition coefficient (Wildman–Crippen LogP) is 2.39. The zero-order valence-corrected chi connectivity index (χ0v) is 15.5. The van der Waals surface area contributed by atoms with Crippen molar-refractivity contribution in [1.29, 1.82) is 0 Å². The van der Waals surface area contributed by atoms with E-state index in [1.54, 1.807) is 0 Å². The van der Waals surface area contributed by atoms with Gasteiger partial charge < -0.3 is 14.8 Å². The normalized spacial score (nSPS) is 26.3. The number of nitrogens with one attached hydrogen (secondary N) is 1. The third-order valence-electron chi connectivity index (χ3n) is 5.97. The fourth-order valence-corrected chi connectivity index (χ4v) is 4.66. The smallest absolute Gasteiger partial charge is 0.242 e. The van der Waals surface area contributed by atoms with Crippen LogP contribution in [-0.2, 0) is 16.1 Å². The van der Waals surface area contributed by atoms with Crippen LogP contribution >= 0.6 is 0 Å². The van der Waals surface area contributed by atoms with Crippen LogP contribution in [-0.4, -0.2) is 44.4 Å². The third kappa shape index (κ3) is 2.87. The average Bonchev–Trinajstić information content (AvgIpc) is 2.81. The fraction of sp³-hybridized carbons (Fsp3) is 0.550. The summed E-state index contributed by atoms with van der Waals surface area (Å²) in [4.78, 5) is 31.8. The minimum atomic E-state index is -0.312. The molecule has 2 aliphatic rings. The van der Waals surface area contributed by atoms with E-state index >= 15 is 0 Å². The van der Waals surface area contributed by atoms with E-state index in [1.807, 2.05) is 40.7 Å². The molecular formula is C20H26N4O2. The quantitative estimate of drug-likeness (QED) is 0.900. The third-order valence-corrected chi connectivity index (χ3v) is 5.97. The molecular weight excluding hydrogens is 328 g/mol. The first-order chi connectivity index (χ1) is 12.5. The Morgan fingerprint density at radius 2 is 2.15 bits per heavy atom. The van der Waals surface area contributed by atoms with Crippen LogP contribution in [0.4, 0.5) is 0 Å². The molecule has 26 heavy (non-hydrogen) atoms. The van der Waals surface area contributed by atoms with Gasteiger partial charge in [-0.15, -0.1) is 0 Å². The summed E-state index contributed by atoms with van der Waals surface area (Å²) in [5, 5.41) is 3.19. The molecule has 6 nitrogen and oxygen atoms in total. The molecule has 0 spiro atoms. The van der Waals surface area contributed by atoms with Crippen LogP contribution in [0.2, 0.25) is 0 Å². The van der Waals surface area contributed by atoms with Gasteiger partial charge >= 0.3 is 0 Å². The lowest BCUT2D eigenvalue weighted by Gasteiger charge is -2.47. The van der Waals surface area contributed by atoms with Gasteiger partial charge in [-0.25, -0.2) is 4.98 Å². The molecule has 0 saturated carbocycles. The maximum Gasteiger partial charge on any atom is 0.242 e. The first kappa shape index (κ1) is 17.1. The van der Waals surface area contributed by atoms with Crippen molar-refractivity contribution >= 4 is 22.8 Å². The standard InChI is InChI=1S/C20H26N4O2/c1-14-21-15-7-3-4-8-16(15)24(14)13-19(26)23-12-6-11-20(2)17(23)9-5-10-18(25)22-20/h3-4,7-8,17H,5-6,9-13H2,1-2H3,(H,22,25)/t17-,20-/m0/s1. The second kappa shape index (κ2) is 6.41. The highest BCUT2D eigenvalue weighted by atomic mass is 16.2. The molecule has 2 aliphatic heterocycles. The zero-order chi connectivity index (χ0) is 18.3. The van der Waals surface area contributed by atoms with Crippen molar-refractivity contribution in [1.82, 2.24) is 19.8 Å². The Balaban J connectivity index is 1.61. The molecule has 1 aromatic heterocycles. The van der Waals surface area contributed by atoms with Gasteiger partial charge in [0.25, 0.3) is 0 Å². The van der Waals surface area contributed by atoms with Gasteiger partial charge in [0.1, 0.15) is 12.4 Å². The van der Waals surface area contributed by atoms with Crippen molar-refractivity contribution in [3.05, 3.63) is 30.1 Å². The van der Waals surface area contributed by atoms with Crippen molar-refractivity contribution in [2.45, 2.75) is 64.1 Å². The maximum atomic E-state index is 13.2. The van der Waals surface area contributed by atoms with Gasteiger partial charge in [-0.2, -0.15) is 0 Å². The molecule has 0 aliphatic carbocycles. The number of para-hydroxylation sites is 2. The molecule has 138 valence electrons. The highest BCUT2D eigenvalue weighted by Crippen LogP contribution is 2.33. The molecule has 0 bridgehead atoms. The summed E-state index contributed by atoms with van der Waals surface area (Å²) in [6, 6.07) is 8.00. The molecule has 2 fully saturated rings. The van der Waals surface area contributed by atoms with Crippen LogP contribution in [0.5, 0.6) is 0 Å². The summed E-state index contributed by atoms with van der Waals surface area (Å²) in [7, 11) is 0. The molecule has 6 heteroatoms. The van der Waals surface area contributed by atoms with Crippen LogP contribution in [0.3, 0.4) is 0 Å². The Kier molecular flexibility index (Phi) is 4.21. The van der Waals surface area contributed by atoms with Crippen LogP contribution in [0.15, 0.2) is 24.3 Å². The molecule has 2 saturated heterocycles. The van der Waals surface area contributed by atoms with E-state index in [9.17, 15) is 9.59 Å². The Bertz CT molecular complexity index is 859. The van der Waals surface area contributed by atoms with Crippen LogP contribution in [0, 0.1) is 6.92 Å². The van der Waals surface area contributed by atoms with Crippen LogP contribution in [0.25, 0.3) is 11.0 Å². The number of piperidine rings is 1. The Hall–Kier alpha value is -2.37. The number of carbonyl (C=O) groups is 2. The summed E-state index contributed by atoms with van der Waals surface area (Å²) >= 11 is 0. The Morgan fingerprint density at radius 1 is 1.35 bits per heavy atom. The van der Waals surface area contributed by atoms with Crippen LogP contribution < -0.4 is 5.32 Å². The Labute approximate surface area is 153 Å². The van der Waals surface area contributed by atoms with Gasteiger partial charge in [-0.05, 0) is 51.7 Å². The number of nitrogens with zero attached hydrogens (tertiary/aromatic N) is 3. The summed E-state index contributed by atoms with van der Waals surface area (Å²) in [5.41, 5.74) is 1.60. The van der Waals surface area contributed by atoms with E-state index in [0.717, 1.165) is 49.1 Å². The second-order valence-corrected chi connectivity index (χ2v) is 7.80. The number of rotatable bonds is 2. The number of fused-ring (bicyclic) bond motifs is 2. The van der Waals surface area contributed by atoms with E-state index < -0.39 is 0 Å². The topological polar surface area (TPSA) is 67.2 Å². The number of aryl methyl sites for hydroxylation is 1. The fourth-order valence-electron chi connectivity index (χ4n) is 4.66. The van der Waals surface area contributed by atoms with Gasteiger partial charge in [0.2, 0.25) is 11.8 Å². The van der Waals surface area contributed by atoms with Gasteiger partial charge in [0, 0.05) is 13.0 Å². The molecule has 2 aromatic rings. The lowest BCUT2D eigenvalue weighted by atomic mass is 9.81. The SMILES string of the molecule is Cc1nc2ccccc2n1CC(=O)N1CCC[C@]2(C)NC(=O)CCC[C@H]12. The van der Waals surface area contributed by atoms with Gasteiger partial charge in [-0.3, -0.25) is 9.59 Å². The lowest BCUT2D eigenvalue weighted by Crippen LogP contribution is -2.63. The second-order valence-electron chi connectivity index (χ2n) is 7.80. The van der Waals surface area contributed by atoms with Gasteiger partial charge in [-0.1, -0.05) is 12.1 Å². The maximum absolute atomic E-state index is 13.2. The molecule has 4 rings (SSSR count). The molecule has 2 amide bonds. The number of aromatic nitrogens is 2. The number of imidazole rings is 1. The summed E-state index contributed by atoms with van der Waals surface area (Å²) < 4.78 is 2.00. The minimum absolute atomic E-state index is 0.0743. The zero-order valence-electron chi connectivity index (χ0n) is 15.5. The minimum Gasteiger partial charge on any atom is -0.349 e. The highest BCUT2D eigenvalue weighted by Gasteiger charge is 2.44.